The average Bonchev–Trinajstić information content (AvgIpc) is 2.46. The number of halogens is 1. The molecule has 0 aliphatic carbocycles. The number of hydrogen-bond donors (Lipinski definition) is 1. The second kappa shape index (κ2) is 15.6. The van der Waals surface area contributed by atoms with Gasteiger partial charge in [-0.25, -0.2) is 4.79 Å². The first-order valence-corrected chi connectivity index (χ1v) is 10.0. The van der Waals surface area contributed by atoms with Crippen molar-refractivity contribution in [2.45, 2.75) is 108 Å². The van der Waals surface area contributed by atoms with E-state index in [0.29, 0.717) is 4.83 Å². The Kier molecular flexibility index (Phi) is 15.5. The molecule has 0 aliphatic heterocycles. The normalized spacial score (nSPS) is 13.8. The fraction of sp³-hybridized carbons (Fsp3) is 0.944. The number of alkyl halides is 1. The lowest BCUT2D eigenvalue weighted by molar-refractivity contribution is 0.0432. The topological polar surface area (TPSA) is 46.5 Å². The molecule has 0 aromatic heterocycles. The summed E-state index contributed by atoms with van der Waals surface area (Å²) in [6.07, 6.45) is 13.8. The highest BCUT2D eigenvalue weighted by Crippen LogP contribution is 2.22. The Labute approximate surface area is 145 Å². The molecule has 0 aromatic rings. The van der Waals surface area contributed by atoms with E-state index in [1.165, 1.54) is 57.8 Å². The highest BCUT2D eigenvalue weighted by Gasteiger charge is 2.17. The summed E-state index contributed by atoms with van der Waals surface area (Å²) in [6, 6.07) is 0. The maximum atomic E-state index is 10.8. The predicted molar refractivity (Wildman–Crippen MR) is 97.0 cm³/mol. The van der Waals surface area contributed by atoms with Crippen LogP contribution in [0.15, 0.2) is 0 Å². The van der Waals surface area contributed by atoms with E-state index < -0.39 is 6.16 Å². The number of hydrogen-bond acceptors (Lipinski definition) is 2. The fourth-order valence-corrected chi connectivity index (χ4v) is 3.46. The first-order valence-electron chi connectivity index (χ1n) is 9.13. The molecule has 132 valence electrons. The highest BCUT2D eigenvalue weighted by molar-refractivity contribution is 9.09. The molecule has 0 spiro atoms. The minimum Gasteiger partial charge on any atom is -0.450 e. The molecule has 0 fully saturated rings. The number of rotatable bonds is 15. The first-order chi connectivity index (χ1) is 10.6. The SMILES string of the molecule is CCCCCCCCC(CC(Br)CCCCCC)OC(=O)O. The molecule has 3 nitrogen and oxygen atoms in total. The van der Waals surface area contributed by atoms with Crippen LogP contribution in [0.1, 0.15) is 97.3 Å². The van der Waals surface area contributed by atoms with Crippen LogP contribution >= 0.6 is 15.9 Å². The summed E-state index contributed by atoms with van der Waals surface area (Å²) < 4.78 is 5.06. The van der Waals surface area contributed by atoms with Crippen molar-refractivity contribution < 1.29 is 14.6 Å². The van der Waals surface area contributed by atoms with Gasteiger partial charge in [0.2, 0.25) is 0 Å². The van der Waals surface area contributed by atoms with Crippen LogP contribution in [0.4, 0.5) is 4.79 Å². The summed E-state index contributed by atoms with van der Waals surface area (Å²) in [5.74, 6) is 0. The third-order valence-electron chi connectivity index (χ3n) is 4.04. The summed E-state index contributed by atoms with van der Waals surface area (Å²) in [5.41, 5.74) is 0. The molecule has 0 rings (SSSR count). The van der Waals surface area contributed by atoms with Gasteiger partial charge in [0.25, 0.3) is 0 Å². The first kappa shape index (κ1) is 21.8. The zero-order chi connectivity index (χ0) is 16.6. The molecule has 1 N–H and O–H groups in total. The van der Waals surface area contributed by atoms with Gasteiger partial charge in [-0.15, -0.1) is 0 Å². The minimum atomic E-state index is -1.14. The van der Waals surface area contributed by atoms with Gasteiger partial charge < -0.3 is 9.84 Å². The quantitative estimate of drug-likeness (QED) is 0.191. The summed E-state index contributed by atoms with van der Waals surface area (Å²) in [7, 11) is 0. The minimum absolute atomic E-state index is 0.153. The Bertz CT molecular complexity index is 259. The van der Waals surface area contributed by atoms with Gasteiger partial charge in [0.1, 0.15) is 6.10 Å². The molecular formula is C18H35BrO3. The molecule has 0 saturated carbocycles. The Morgan fingerprint density at radius 3 is 2.00 bits per heavy atom. The maximum absolute atomic E-state index is 10.8. The smallest absolute Gasteiger partial charge is 0.450 e. The summed E-state index contributed by atoms with van der Waals surface area (Å²) in [4.78, 5) is 11.2. The van der Waals surface area contributed by atoms with Crippen molar-refractivity contribution in [3.63, 3.8) is 0 Å². The standard InChI is InChI=1S/C18H35BrO3/c1-3-5-7-9-10-12-14-17(22-18(20)21)15-16(19)13-11-8-6-4-2/h16-17H,3-15H2,1-2H3,(H,20,21). The van der Waals surface area contributed by atoms with Crippen molar-refractivity contribution in [2.75, 3.05) is 0 Å². The van der Waals surface area contributed by atoms with Crippen LogP contribution in [0.2, 0.25) is 0 Å². The lowest BCUT2D eigenvalue weighted by Crippen LogP contribution is -2.21. The molecule has 0 aliphatic rings. The largest absolute Gasteiger partial charge is 0.506 e. The molecule has 0 heterocycles. The number of unbranched alkanes of at least 4 members (excludes halogenated alkanes) is 8. The molecule has 0 radical (unpaired) electrons. The number of carboxylic acid groups (broad SMARTS) is 1. The monoisotopic (exact) mass is 378 g/mol. The molecule has 2 unspecified atom stereocenters. The number of carbonyl (C=O) groups is 1. The van der Waals surface area contributed by atoms with Gasteiger partial charge in [0.05, 0.1) is 0 Å². The Hall–Kier alpha value is -0.250. The van der Waals surface area contributed by atoms with Gasteiger partial charge >= 0.3 is 6.16 Å². The van der Waals surface area contributed by atoms with Crippen molar-refractivity contribution >= 4 is 22.1 Å². The molecular weight excluding hydrogens is 344 g/mol. The van der Waals surface area contributed by atoms with Crippen LogP contribution in [0, 0.1) is 0 Å². The van der Waals surface area contributed by atoms with E-state index in [-0.39, 0.29) is 6.10 Å². The Morgan fingerprint density at radius 2 is 1.41 bits per heavy atom. The van der Waals surface area contributed by atoms with Gasteiger partial charge in [0.15, 0.2) is 0 Å². The summed E-state index contributed by atoms with van der Waals surface area (Å²) >= 11 is 3.69. The average molecular weight is 379 g/mol. The van der Waals surface area contributed by atoms with E-state index >= 15 is 0 Å². The molecule has 2 atom stereocenters. The second-order valence-electron chi connectivity index (χ2n) is 6.24. The maximum Gasteiger partial charge on any atom is 0.506 e. The predicted octanol–water partition coefficient (Wildman–Crippen LogP) is 6.92. The molecule has 0 aromatic carbocycles. The van der Waals surface area contributed by atoms with Crippen molar-refractivity contribution in [1.29, 1.82) is 0 Å². The van der Waals surface area contributed by atoms with E-state index in [9.17, 15) is 4.79 Å². The third kappa shape index (κ3) is 14.7. The summed E-state index contributed by atoms with van der Waals surface area (Å²) in [5, 5.41) is 8.88. The third-order valence-corrected chi connectivity index (χ3v) is 4.87. The van der Waals surface area contributed by atoms with Crippen LogP contribution in [0.25, 0.3) is 0 Å². The van der Waals surface area contributed by atoms with E-state index in [1.54, 1.807) is 0 Å². The molecule has 22 heavy (non-hydrogen) atoms. The van der Waals surface area contributed by atoms with Gasteiger partial charge in [-0.1, -0.05) is 87.6 Å². The van der Waals surface area contributed by atoms with Gasteiger partial charge in [-0.05, 0) is 25.7 Å². The van der Waals surface area contributed by atoms with Crippen LogP contribution in [0.5, 0.6) is 0 Å². The molecule has 4 heteroatoms. The van der Waals surface area contributed by atoms with Crippen LogP contribution in [-0.2, 0) is 4.74 Å². The van der Waals surface area contributed by atoms with Crippen LogP contribution in [0.3, 0.4) is 0 Å². The van der Waals surface area contributed by atoms with E-state index in [4.69, 9.17) is 9.84 Å². The Morgan fingerprint density at radius 1 is 0.909 bits per heavy atom. The van der Waals surface area contributed by atoms with Gasteiger partial charge in [-0.3, -0.25) is 0 Å². The zero-order valence-electron chi connectivity index (χ0n) is 14.5. The zero-order valence-corrected chi connectivity index (χ0v) is 16.1. The highest BCUT2D eigenvalue weighted by atomic mass is 79.9. The lowest BCUT2D eigenvalue weighted by atomic mass is 10.0. The van der Waals surface area contributed by atoms with Crippen molar-refractivity contribution in [1.82, 2.24) is 0 Å². The van der Waals surface area contributed by atoms with Gasteiger partial charge in [0, 0.05) is 4.83 Å². The lowest BCUT2D eigenvalue weighted by Gasteiger charge is -2.19. The van der Waals surface area contributed by atoms with E-state index in [2.05, 4.69) is 29.8 Å². The Balaban J connectivity index is 3.87. The molecule has 0 amide bonds. The van der Waals surface area contributed by atoms with Crippen molar-refractivity contribution in [3.8, 4) is 0 Å². The van der Waals surface area contributed by atoms with E-state index in [1.807, 2.05) is 0 Å². The molecule has 0 bridgehead atoms. The second-order valence-corrected chi connectivity index (χ2v) is 7.54. The van der Waals surface area contributed by atoms with Crippen molar-refractivity contribution in [3.05, 3.63) is 0 Å². The summed E-state index contributed by atoms with van der Waals surface area (Å²) in [6.45, 7) is 4.43. The fourth-order valence-electron chi connectivity index (χ4n) is 2.72. The van der Waals surface area contributed by atoms with Crippen LogP contribution < -0.4 is 0 Å². The van der Waals surface area contributed by atoms with Crippen LogP contribution in [-0.4, -0.2) is 22.2 Å². The molecule has 0 saturated heterocycles. The number of ether oxygens (including phenoxy) is 1. The van der Waals surface area contributed by atoms with Crippen molar-refractivity contribution in [2.24, 2.45) is 0 Å². The van der Waals surface area contributed by atoms with E-state index in [0.717, 1.165) is 25.7 Å². The van der Waals surface area contributed by atoms with Gasteiger partial charge in [-0.2, -0.15) is 0 Å².